The van der Waals surface area contributed by atoms with Crippen molar-refractivity contribution in [2.45, 2.75) is 31.5 Å². The van der Waals surface area contributed by atoms with Gasteiger partial charge in [0.05, 0.1) is 5.75 Å². The zero-order valence-corrected chi connectivity index (χ0v) is 19.0. The van der Waals surface area contributed by atoms with Gasteiger partial charge < -0.3 is 21.2 Å². The van der Waals surface area contributed by atoms with Gasteiger partial charge in [-0.15, -0.1) is 10.2 Å². The Bertz CT molecular complexity index is 1080. The molecule has 0 saturated carbocycles. The number of nitrogens with one attached hydrogen (secondary N) is 2. The summed E-state index contributed by atoms with van der Waals surface area (Å²) in [4.78, 5) is 24.0. The van der Waals surface area contributed by atoms with Gasteiger partial charge in [-0.1, -0.05) is 43.8 Å². The van der Waals surface area contributed by atoms with Crippen molar-refractivity contribution in [3.05, 3.63) is 65.5 Å². The molecule has 0 spiro atoms. The molecule has 9 nitrogen and oxygen atoms in total. The first-order chi connectivity index (χ1) is 15.4. The van der Waals surface area contributed by atoms with Gasteiger partial charge in [0.2, 0.25) is 11.1 Å². The highest BCUT2D eigenvalue weighted by atomic mass is 32.2. The van der Waals surface area contributed by atoms with Crippen LogP contribution in [-0.2, 0) is 11.4 Å². The molecule has 32 heavy (non-hydrogen) atoms. The van der Waals surface area contributed by atoms with E-state index >= 15 is 0 Å². The van der Waals surface area contributed by atoms with E-state index in [2.05, 4.69) is 34.7 Å². The fourth-order valence-electron chi connectivity index (χ4n) is 2.81. The molecule has 4 N–H and O–H groups in total. The summed E-state index contributed by atoms with van der Waals surface area (Å²) in [6.45, 7) is 4.42. The van der Waals surface area contributed by atoms with Gasteiger partial charge in [-0.3, -0.25) is 9.59 Å². The molecule has 168 valence electrons. The van der Waals surface area contributed by atoms with Gasteiger partial charge >= 0.3 is 0 Å². The molecule has 0 unspecified atom stereocenters. The number of anilines is 1. The molecule has 0 aliphatic carbocycles. The van der Waals surface area contributed by atoms with Crippen LogP contribution < -0.4 is 21.2 Å². The number of thioether (sulfide) groups is 1. The molecule has 1 heterocycles. The number of hydrogen-bond donors (Lipinski definition) is 3. The summed E-state index contributed by atoms with van der Waals surface area (Å²) in [6, 6.07) is 14.6. The highest BCUT2D eigenvalue weighted by molar-refractivity contribution is 7.99. The Balaban J connectivity index is 1.52. The highest BCUT2D eigenvalue weighted by Crippen LogP contribution is 2.20. The highest BCUT2D eigenvalue weighted by Gasteiger charge is 2.14. The number of ether oxygens (including phenoxy) is 1. The van der Waals surface area contributed by atoms with Crippen LogP contribution in [-0.4, -0.2) is 39.5 Å². The van der Waals surface area contributed by atoms with Gasteiger partial charge in [0.1, 0.15) is 12.4 Å². The number of nitrogens with zero attached hydrogens (tertiary/aromatic N) is 3. The maximum Gasteiger partial charge on any atom is 0.251 e. The van der Waals surface area contributed by atoms with Crippen LogP contribution in [0.2, 0.25) is 0 Å². The number of carbonyl (C=O) groups excluding carboxylic acids is 2. The lowest BCUT2D eigenvalue weighted by molar-refractivity contribution is -0.113. The van der Waals surface area contributed by atoms with E-state index in [4.69, 9.17) is 10.6 Å². The molecule has 0 saturated heterocycles. The number of hydrogen-bond acceptors (Lipinski definition) is 7. The summed E-state index contributed by atoms with van der Waals surface area (Å²) in [5.74, 6) is 7.26. The van der Waals surface area contributed by atoms with Crippen LogP contribution >= 0.6 is 11.8 Å². The number of nitrogen functional groups attached to an aromatic ring is 1. The summed E-state index contributed by atoms with van der Waals surface area (Å²) < 4.78 is 7.05. The van der Waals surface area contributed by atoms with E-state index in [0.29, 0.717) is 33.9 Å². The Morgan fingerprint density at radius 2 is 1.91 bits per heavy atom. The van der Waals surface area contributed by atoms with Crippen molar-refractivity contribution in [1.29, 1.82) is 0 Å². The predicted octanol–water partition coefficient (Wildman–Crippen LogP) is 2.78. The number of rotatable bonds is 9. The van der Waals surface area contributed by atoms with E-state index in [1.165, 1.54) is 10.2 Å². The van der Waals surface area contributed by atoms with E-state index in [9.17, 15) is 9.59 Å². The molecule has 1 aromatic heterocycles. The quantitative estimate of drug-likeness (QED) is 0.335. The maximum atomic E-state index is 12.3. The Labute approximate surface area is 190 Å². The van der Waals surface area contributed by atoms with Crippen molar-refractivity contribution in [3.63, 3.8) is 0 Å². The minimum atomic E-state index is -0.255. The van der Waals surface area contributed by atoms with E-state index < -0.39 is 0 Å². The van der Waals surface area contributed by atoms with E-state index in [-0.39, 0.29) is 24.2 Å². The van der Waals surface area contributed by atoms with Crippen LogP contribution in [0, 0.1) is 0 Å². The second-order valence-corrected chi connectivity index (χ2v) is 8.22. The second kappa shape index (κ2) is 10.7. The molecule has 3 rings (SSSR count). The van der Waals surface area contributed by atoms with Crippen molar-refractivity contribution >= 4 is 29.3 Å². The molecule has 2 amide bonds. The van der Waals surface area contributed by atoms with Gasteiger partial charge in [-0.25, -0.2) is 4.68 Å². The van der Waals surface area contributed by atoms with Crippen molar-refractivity contribution in [1.82, 2.24) is 20.2 Å². The minimum absolute atomic E-state index is 0.0804. The van der Waals surface area contributed by atoms with Crippen molar-refractivity contribution < 1.29 is 14.3 Å². The number of aromatic nitrogens is 3. The molecule has 2 aromatic carbocycles. The van der Waals surface area contributed by atoms with Crippen LogP contribution in [0.25, 0.3) is 0 Å². The SMILES string of the molecule is CNC(=O)c1cccc(NC(=O)CSc2nnc(COc3ccc(C(C)C)cc3)n2N)c1. The molecule has 0 bridgehead atoms. The average molecular weight is 455 g/mol. The third-order valence-corrected chi connectivity index (χ3v) is 5.56. The van der Waals surface area contributed by atoms with Crippen LogP contribution in [0.1, 0.15) is 41.5 Å². The smallest absolute Gasteiger partial charge is 0.251 e. The topological polar surface area (TPSA) is 124 Å². The van der Waals surface area contributed by atoms with Crippen LogP contribution in [0.4, 0.5) is 5.69 Å². The largest absolute Gasteiger partial charge is 0.486 e. The van der Waals surface area contributed by atoms with Gasteiger partial charge in [0.25, 0.3) is 5.91 Å². The minimum Gasteiger partial charge on any atom is -0.486 e. The van der Waals surface area contributed by atoms with E-state index in [1.54, 1.807) is 31.3 Å². The second-order valence-electron chi connectivity index (χ2n) is 7.28. The molecular formula is C22H26N6O3S. The molecule has 10 heteroatoms. The number of carbonyl (C=O) groups is 2. The maximum absolute atomic E-state index is 12.3. The zero-order valence-electron chi connectivity index (χ0n) is 18.2. The summed E-state index contributed by atoms with van der Waals surface area (Å²) in [5.41, 5.74) is 2.23. The Morgan fingerprint density at radius 1 is 1.16 bits per heavy atom. The Kier molecular flexibility index (Phi) is 7.72. The molecule has 3 aromatic rings. The van der Waals surface area contributed by atoms with Gasteiger partial charge in [0, 0.05) is 18.3 Å². The van der Waals surface area contributed by atoms with Crippen molar-refractivity contribution in [2.24, 2.45) is 0 Å². The number of amides is 2. The van der Waals surface area contributed by atoms with E-state index in [0.717, 1.165) is 11.8 Å². The molecular weight excluding hydrogens is 428 g/mol. The lowest BCUT2D eigenvalue weighted by Crippen LogP contribution is -2.19. The summed E-state index contributed by atoms with van der Waals surface area (Å²) in [6.07, 6.45) is 0. The average Bonchev–Trinajstić information content (AvgIpc) is 3.15. The molecule has 0 aliphatic rings. The summed E-state index contributed by atoms with van der Waals surface area (Å²) >= 11 is 1.15. The lowest BCUT2D eigenvalue weighted by atomic mass is 10.0. The van der Waals surface area contributed by atoms with Gasteiger partial charge in [0.15, 0.2) is 5.82 Å². The van der Waals surface area contributed by atoms with Gasteiger partial charge in [-0.2, -0.15) is 0 Å². The fourth-order valence-corrected chi connectivity index (χ4v) is 3.49. The van der Waals surface area contributed by atoms with Crippen LogP contribution in [0.3, 0.4) is 0 Å². The number of nitrogens with two attached hydrogens (primary N) is 1. The monoisotopic (exact) mass is 454 g/mol. The number of benzene rings is 2. The molecule has 0 radical (unpaired) electrons. The third-order valence-electron chi connectivity index (χ3n) is 4.62. The first kappa shape index (κ1) is 23.1. The lowest BCUT2D eigenvalue weighted by Gasteiger charge is -2.09. The first-order valence-electron chi connectivity index (χ1n) is 10.0. The Morgan fingerprint density at radius 3 is 2.59 bits per heavy atom. The zero-order chi connectivity index (χ0) is 23.1. The van der Waals surface area contributed by atoms with Crippen molar-refractivity contribution in [3.8, 4) is 5.75 Å². The molecule has 0 aliphatic heterocycles. The third kappa shape index (κ3) is 6.01. The summed E-state index contributed by atoms with van der Waals surface area (Å²) in [7, 11) is 1.55. The fraction of sp³-hybridized carbons (Fsp3) is 0.273. The molecule has 0 atom stereocenters. The van der Waals surface area contributed by atoms with Crippen LogP contribution in [0.5, 0.6) is 5.75 Å². The van der Waals surface area contributed by atoms with Crippen molar-refractivity contribution in [2.75, 3.05) is 24.0 Å². The van der Waals surface area contributed by atoms with Gasteiger partial charge in [-0.05, 0) is 41.8 Å². The first-order valence-corrected chi connectivity index (χ1v) is 11.0. The normalized spacial score (nSPS) is 10.8. The predicted molar refractivity (Wildman–Crippen MR) is 124 cm³/mol. The van der Waals surface area contributed by atoms with Crippen LogP contribution in [0.15, 0.2) is 53.7 Å². The standard InChI is InChI=1S/C22H26N6O3S/c1-14(2)15-7-9-18(10-8-15)31-12-19-26-27-22(28(19)23)32-13-20(29)25-17-6-4-5-16(11-17)21(30)24-3/h4-11,14H,12-13,23H2,1-3H3,(H,24,30)(H,25,29). The molecule has 0 fully saturated rings. The summed E-state index contributed by atoms with van der Waals surface area (Å²) in [5, 5.41) is 13.8. The Hall–Kier alpha value is -3.53. The van der Waals surface area contributed by atoms with E-state index in [1.807, 2.05) is 24.3 Å².